The van der Waals surface area contributed by atoms with Gasteiger partial charge in [0.2, 0.25) is 0 Å². The third-order valence-electron chi connectivity index (χ3n) is 3.35. The van der Waals surface area contributed by atoms with Crippen LogP contribution in [0.3, 0.4) is 0 Å². The quantitative estimate of drug-likeness (QED) is 0.883. The van der Waals surface area contributed by atoms with Gasteiger partial charge in [-0.3, -0.25) is 0 Å². The summed E-state index contributed by atoms with van der Waals surface area (Å²) in [6, 6.07) is 2.23. The number of amides is 1. The molecule has 2 rings (SSSR count). The largest absolute Gasteiger partial charge is 0.497 e. The fourth-order valence-electron chi connectivity index (χ4n) is 2.47. The monoisotopic (exact) mass is 286 g/mol. The predicted octanol–water partition coefficient (Wildman–Crippen LogP) is 1.51. The van der Waals surface area contributed by atoms with Gasteiger partial charge in [0.05, 0.1) is 7.11 Å². The second kappa shape index (κ2) is 6.04. The van der Waals surface area contributed by atoms with Crippen molar-refractivity contribution in [1.29, 1.82) is 0 Å². The summed E-state index contributed by atoms with van der Waals surface area (Å²) in [6.45, 7) is 0.882. The Balaban J connectivity index is 2.34. The second-order valence-electron chi connectivity index (χ2n) is 4.58. The molecule has 1 aliphatic heterocycles. The molecule has 0 radical (unpaired) electrons. The van der Waals surface area contributed by atoms with E-state index in [1.54, 1.807) is 0 Å². The van der Waals surface area contributed by atoms with Crippen molar-refractivity contribution in [2.45, 2.75) is 18.4 Å². The molecule has 2 unspecified atom stereocenters. The first-order chi connectivity index (χ1) is 9.52. The van der Waals surface area contributed by atoms with Gasteiger partial charge in [-0.15, -0.1) is 0 Å². The van der Waals surface area contributed by atoms with E-state index in [1.165, 1.54) is 7.11 Å². The lowest BCUT2D eigenvalue weighted by atomic mass is 9.87. The molecule has 0 saturated carbocycles. The molecule has 1 heterocycles. The van der Waals surface area contributed by atoms with E-state index < -0.39 is 29.7 Å². The van der Waals surface area contributed by atoms with E-state index in [0.717, 1.165) is 12.1 Å². The Morgan fingerprint density at radius 1 is 1.40 bits per heavy atom. The maximum Gasteiger partial charge on any atom is 0.404 e. The standard InChI is InChI=1S/C13H16F2N2O3/c1-19-7-4-9(14)12(10(15)5-7)8-2-3-17-6-11(8)20-13(16)18/h4-5,8,11,17H,2-3,6H2,1H3,(H2,16,18). The van der Waals surface area contributed by atoms with E-state index in [9.17, 15) is 13.6 Å². The molecule has 0 aliphatic carbocycles. The average molecular weight is 286 g/mol. The maximum absolute atomic E-state index is 14.1. The lowest BCUT2D eigenvalue weighted by Crippen LogP contribution is -2.43. The molecule has 2 atom stereocenters. The first-order valence-electron chi connectivity index (χ1n) is 6.22. The highest BCUT2D eigenvalue weighted by Crippen LogP contribution is 2.33. The van der Waals surface area contributed by atoms with E-state index in [-0.39, 0.29) is 11.3 Å². The number of carbonyl (C=O) groups excluding carboxylic acids is 1. The molecule has 0 spiro atoms. The number of rotatable bonds is 3. The number of halogens is 2. The van der Waals surface area contributed by atoms with Gasteiger partial charge in [-0.2, -0.15) is 0 Å². The molecule has 20 heavy (non-hydrogen) atoms. The van der Waals surface area contributed by atoms with E-state index in [2.05, 4.69) is 5.32 Å². The number of hydrogen-bond acceptors (Lipinski definition) is 4. The molecule has 1 amide bonds. The molecule has 1 aliphatic rings. The number of piperidine rings is 1. The Kier molecular flexibility index (Phi) is 4.39. The zero-order valence-corrected chi connectivity index (χ0v) is 11.0. The number of methoxy groups -OCH3 is 1. The van der Waals surface area contributed by atoms with Crippen molar-refractivity contribution < 1.29 is 23.0 Å². The van der Waals surface area contributed by atoms with Crippen LogP contribution < -0.4 is 15.8 Å². The van der Waals surface area contributed by atoms with Crippen molar-refractivity contribution in [2.24, 2.45) is 5.73 Å². The first-order valence-corrected chi connectivity index (χ1v) is 6.22. The third-order valence-corrected chi connectivity index (χ3v) is 3.35. The summed E-state index contributed by atoms with van der Waals surface area (Å²) in [5.41, 5.74) is 4.89. The van der Waals surface area contributed by atoms with Gasteiger partial charge in [-0.05, 0) is 13.0 Å². The Morgan fingerprint density at radius 3 is 2.60 bits per heavy atom. The normalized spacial score (nSPS) is 22.4. The fraction of sp³-hybridized carbons (Fsp3) is 0.462. The Bertz CT molecular complexity index is 487. The van der Waals surface area contributed by atoms with Gasteiger partial charge in [0.15, 0.2) is 0 Å². The SMILES string of the molecule is COc1cc(F)c(C2CCNCC2OC(N)=O)c(F)c1. The summed E-state index contributed by atoms with van der Waals surface area (Å²) in [6.07, 6.45) is -1.21. The summed E-state index contributed by atoms with van der Waals surface area (Å²) in [4.78, 5) is 10.9. The van der Waals surface area contributed by atoms with Crippen LogP contribution in [0.15, 0.2) is 12.1 Å². The number of nitrogens with one attached hydrogen (secondary N) is 1. The van der Waals surface area contributed by atoms with Crippen LogP contribution in [-0.2, 0) is 4.74 Å². The minimum atomic E-state index is -0.960. The van der Waals surface area contributed by atoms with Crippen molar-refractivity contribution in [1.82, 2.24) is 5.32 Å². The van der Waals surface area contributed by atoms with Crippen molar-refractivity contribution in [3.05, 3.63) is 29.3 Å². The second-order valence-corrected chi connectivity index (χ2v) is 4.58. The van der Waals surface area contributed by atoms with Gasteiger partial charge in [0.25, 0.3) is 0 Å². The molecule has 5 nitrogen and oxygen atoms in total. The Hall–Kier alpha value is -1.89. The number of primary amides is 1. The number of hydrogen-bond donors (Lipinski definition) is 2. The molecule has 3 N–H and O–H groups in total. The molecule has 110 valence electrons. The molecule has 7 heteroatoms. The number of benzene rings is 1. The van der Waals surface area contributed by atoms with Crippen LogP contribution in [0.5, 0.6) is 5.75 Å². The van der Waals surface area contributed by atoms with Crippen molar-refractivity contribution in [3.63, 3.8) is 0 Å². The fourth-order valence-corrected chi connectivity index (χ4v) is 2.47. The Morgan fingerprint density at radius 2 is 2.05 bits per heavy atom. The van der Waals surface area contributed by atoms with Crippen molar-refractivity contribution in [3.8, 4) is 5.75 Å². The van der Waals surface area contributed by atoms with Crippen LogP contribution in [0, 0.1) is 11.6 Å². The zero-order chi connectivity index (χ0) is 14.7. The van der Waals surface area contributed by atoms with E-state index in [1.807, 2.05) is 0 Å². The highest BCUT2D eigenvalue weighted by molar-refractivity contribution is 5.65. The molecule has 1 aromatic carbocycles. The molecule has 1 aromatic rings. The van der Waals surface area contributed by atoms with Crippen LogP contribution in [0.25, 0.3) is 0 Å². The summed E-state index contributed by atoms with van der Waals surface area (Å²) in [7, 11) is 1.33. The predicted molar refractivity (Wildman–Crippen MR) is 67.6 cm³/mol. The lowest BCUT2D eigenvalue weighted by Gasteiger charge is -2.32. The van der Waals surface area contributed by atoms with Gasteiger partial charge in [-0.25, -0.2) is 13.6 Å². The topological polar surface area (TPSA) is 73.6 Å². The van der Waals surface area contributed by atoms with E-state index in [4.69, 9.17) is 15.2 Å². The van der Waals surface area contributed by atoms with Crippen LogP contribution in [0.1, 0.15) is 17.9 Å². The minimum Gasteiger partial charge on any atom is -0.497 e. The smallest absolute Gasteiger partial charge is 0.404 e. The van der Waals surface area contributed by atoms with E-state index in [0.29, 0.717) is 19.5 Å². The number of nitrogens with two attached hydrogens (primary N) is 1. The zero-order valence-electron chi connectivity index (χ0n) is 11.0. The molecule has 1 saturated heterocycles. The number of ether oxygens (including phenoxy) is 2. The maximum atomic E-state index is 14.1. The highest BCUT2D eigenvalue weighted by Gasteiger charge is 2.33. The Labute approximate surface area is 115 Å². The van der Waals surface area contributed by atoms with Crippen LogP contribution in [0.4, 0.5) is 13.6 Å². The van der Waals surface area contributed by atoms with Gasteiger partial charge in [0, 0.05) is 30.2 Å². The van der Waals surface area contributed by atoms with Gasteiger partial charge < -0.3 is 20.5 Å². The highest BCUT2D eigenvalue weighted by atomic mass is 19.1. The van der Waals surface area contributed by atoms with Gasteiger partial charge in [0.1, 0.15) is 23.5 Å². The van der Waals surface area contributed by atoms with Gasteiger partial charge >= 0.3 is 6.09 Å². The molecular weight excluding hydrogens is 270 g/mol. The molecular formula is C13H16F2N2O3. The number of carbonyl (C=O) groups is 1. The van der Waals surface area contributed by atoms with Crippen LogP contribution >= 0.6 is 0 Å². The third kappa shape index (κ3) is 2.98. The summed E-state index contributed by atoms with van der Waals surface area (Å²) < 4.78 is 37.9. The summed E-state index contributed by atoms with van der Waals surface area (Å²) >= 11 is 0. The van der Waals surface area contributed by atoms with Gasteiger partial charge in [-0.1, -0.05) is 0 Å². The molecule has 0 aromatic heterocycles. The van der Waals surface area contributed by atoms with Crippen LogP contribution in [0.2, 0.25) is 0 Å². The van der Waals surface area contributed by atoms with E-state index >= 15 is 0 Å². The molecule has 1 fully saturated rings. The van der Waals surface area contributed by atoms with Crippen LogP contribution in [-0.4, -0.2) is 32.4 Å². The first kappa shape index (κ1) is 14.5. The average Bonchev–Trinajstić information content (AvgIpc) is 2.39. The van der Waals surface area contributed by atoms with Crippen molar-refractivity contribution in [2.75, 3.05) is 20.2 Å². The lowest BCUT2D eigenvalue weighted by molar-refractivity contribution is 0.0740. The summed E-state index contributed by atoms with van der Waals surface area (Å²) in [5.74, 6) is -1.90. The molecule has 0 bridgehead atoms. The minimum absolute atomic E-state index is 0.0986. The summed E-state index contributed by atoms with van der Waals surface area (Å²) in [5, 5.41) is 3.00. The van der Waals surface area contributed by atoms with Crippen molar-refractivity contribution >= 4 is 6.09 Å².